The van der Waals surface area contributed by atoms with E-state index in [1.807, 2.05) is 7.05 Å². The highest BCUT2D eigenvalue weighted by molar-refractivity contribution is 5.86. The van der Waals surface area contributed by atoms with E-state index in [4.69, 9.17) is 4.74 Å². The second-order valence-corrected chi connectivity index (χ2v) is 5.00. The molecular formula is C15H25N2O2+. The maximum atomic E-state index is 11.1. The van der Waals surface area contributed by atoms with Gasteiger partial charge in [0.2, 0.25) is 6.33 Å². The lowest BCUT2D eigenvalue weighted by Crippen LogP contribution is -2.23. The Morgan fingerprint density at radius 2 is 1.95 bits per heavy atom. The molecule has 1 aromatic rings. The van der Waals surface area contributed by atoms with Gasteiger partial charge in [-0.05, 0) is 26.2 Å². The molecule has 0 saturated heterocycles. The summed E-state index contributed by atoms with van der Waals surface area (Å²) in [6, 6.07) is 0. The Hall–Kier alpha value is -1.58. The summed E-state index contributed by atoms with van der Waals surface area (Å²) in [4.78, 5) is 11.1. The lowest BCUT2D eigenvalue weighted by molar-refractivity contribution is -0.671. The van der Waals surface area contributed by atoms with Crippen molar-refractivity contribution in [2.45, 2.75) is 45.6 Å². The second-order valence-electron chi connectivity index (χ2n) is 5.00. The molecule has 0 aliphatic heterocycles. The topological polar surface area (TPSA) is 35.1 Å². The van der Waals surface area contributed by atoms with Crippen molar-refractivity contribution in [3.8, 4) is 0 Å². The van der Waals surface area contributed by atoms with Crippen LogP contribution in [0.1, 0.15) is 39.0 Å². The fourth-order valence-electron chi connectivity index (χ4n) is 1.85. The van der Waals surface area contributed by atoms with Crippen molar-refractivity contribution in [2.75, 3.05) is 6.61 Å². The summed E-state index contributed by atoms with van der Waals surface area (Å²) in [6.07, 6.45) is 11.9. The van der Waals surface area contributed by atoms with Crippen LogP contribution >= 0.6 is 0 Å². The van der Waals surface area contributed by atoms with Crippen LogP contribution in [0.25, 0.3) is 0 Å². The molecule has 0 aliphatic carbocycles. The van der Waals surface area contributed by atoms with Gasteiger partial charge in [-0.2, -0.15) is 0 Å². The van der Waals surface area contributed by atoms with Crippen LogP contribution < -0.4 is 4.57 Å². The summed E-state index contributed by atoms with van der Waals surface area (Å²) in [7, 11) is 2.03. The summed E-state index contributed by atoms with van der Waals surface area (Å²) >= 11 is 0. The van der Waals surface area contributed by atoms with Gasteiger partial charge in [0.1, 0.15) is 12.4 Å². The van der Waals surface area contributed by atoms with E-state index < -0.39 is 0 Å². The SMILES string of the molecule is C=C(C)C(=O)OCCCCCCCn1cc[n+](C)c1. The van der Waals surface area contributed by atoms with Gasteiger partial charge in [0.15, 0.2) is 0 Å². The first kappa shape index (κ1) is 15.5. The number of nitrogens with zero attached hydrogens (tertiary/aromatic N) is 2. The molecule has 4 nitrogen and oxygen atoms in total. The largest absolute Gasteiger partial charge is 0.462 e. The molecule has 0 unspecified atom stereocenters. The number of esters is 1. The van der Waals surface area contributed by atoms with Crippen molar-refractivity contribution in [2.24, 2.45) is 7.05 Å². The van der Waals surface area contributed by atoms with Gasteiger partial charge < -0.3 is 4.74 Å². The summed E-state index contributed by atoms with van der Waals surface area (Å²) in [5.41, 5.74) is 0.472. The van der Waals surface area contributed by atoms with E-state index >= 15 is 0 Å². The zero-order valence-corrected chi connectivity index (χ0v) is 12.1. The second kappa shape index (κ2) is 8.51. The fourth-order valence-corrected chi connectivity index (χ4v) is 1.85. The van der Waals surface area contributed by atoms with Crippen LogP contribution in [0.3, 0.4) is 0 Å². The normalized spacial score (nSPS) is 10.4. The monoisotopic (exact) mass is 265 g/mol. The molecule has 0 saturated carbocycles. The fraction of sp³-hybridized carbons (Fsp3) is 0.600. The number of aryl methyl sites for hydroxylation is 2. The van der Waals surface area contributed by atoms with Crippen LogP contribution in [0.5, 0.6) is 0 Å². The minimum absolute atomic E-state index is 0.277. The number of unbranched alkanes of at least 4 members (excludes halogenated alkanes) is 4. The Morgan fingerprint density at radius 3 is 2.58 bits per heavy atom. The number of hydrogen-bond donors (Lipinski definition) is 0. The summed E-state index contributed by atoms with van der Waals surface area (Å²) < 4.78 is 9.29. The van der Waals surface area contributed by atoms with Gasteiger partial charge in [0.05, 0.1) is 20.2 Å². The van der Waals surface area contributed by atoms with Crippen molar-refractivity contribution in [1.82, 2.24) is 4.57 Å². The van der Waals surface area contributed by atoms with Crippen LogP contribution in [0.2, 0.25) is 0 Å². The number of carbonyl (C=O) groups excluding carboxylic acids is 1. The number of ether oxygens (including phenoxy) is 1. The van der Waals surface area contributed by atoms with E-state index in [0.29, 0.717) is 12.2 Å². The first-order valence-corrected chi connectivity index (χ1v) is 6.93. The number of rotatable bonds is 9. The van der Waals surface area contributed by atoms with Crippen molar-refractivity contribution >= 4 is 5.97 Å². The lowest BCUT2D eigenvalue weighted by atomic mass is 10.1. The third kappa shape index (κ3) is 6.79. The number of imidazole rings is 1. The van der Waals surface area contributed by atoms with Gasteiger partial charge >= 0.3 is 5.97 Å². The molecule has 0 amide bonds. The van der Waals surface area contributed by atoms with Crippen LogP contribution in [-0.2, 0) is 23.1 Å². The van der Waals surface area contributed by atoms with E-state index in [1.165, 1.54) is 19.3 Å². The van der Waals surface area contributed by atoms with Crippen molar-refractivity contribution in [3.05, 3.63) is 30.9 Å². The first-order chi connectivity index (χ1) is 9.09. The summed E-state index contributed by atoms with van der Waals surface area (Å²) in [5, 5.41) is 0. The average Bonchev–Trinajstić information content (AvgIpc) is 2.78. The smallest absolute Gasteiger partial charge is 0.333 e. The molecule has 0 radical (unpaired) electrons. The minimum Gasteiger partial charge on any atom is -0.462 e. The van der Waals surface area contributed by atoms with Gasteiger partial charge in [-0.3, -0.25) is 0 Å². The summed E-state index contributed by atoms with van der Waals surface area (Å²) in [5.74, 6) is -0.277. The standard InChI is InChI=1S/C15H25N2O2/c1-14(2)15(18)19-12-8-6-4-5-7-9-17-11-10-16(3)13-17/h10-11,13H,1,4-9,12H2,2-3H3/q+1. The first-order valence-electron chi connectivity index (χ1n) is 6.93. The molecule has 1 rings (SSSR count). The van der Waals surface area contributed by atoms with E-state index in [-0.39, 0.29) is 5.97 Å². The lowest BCUT2D eigenvalue weighted by Gasteiger charge is -2.04. The molecule has 0 spiro atoms. The molecule has 0 N–H and O–H groups in total. The highest BCUT2D eigenvalue weighted by Crippen LogP contribution is 2.05. The Labute approximate surface area is 115 Å². The van der Waals surface area contributed by atoms with Gasteiger partial charge in [-0.15, -0.1) is 0 Å². The average molecular weight is 265 g/mol. The van der Waals surface area contributed by atoms with E-state index in [1.54, 1.807) is 6.92 Å². The van der Waals surface area contributed by atoms with Crippen LogP contribution in [-0.4, -0.2) is 17.1 Å². The number of aromatic nitrogens is 2. The molecule has 0 aromatic carbocycles. The number of carbonyl (C=O) groups is 1. The Balaban J connectivity index is 1.91. The Kier molecular flexibility index (Phi) is 6.93. The van der Waals surface area contributed by atoms with Crippen LogP contribution in [0.4, 0.5) is 0 Å². The van der Waals surface area contributed by atoms with Crippen molar-refractivity contribution in [3.63, 3.8) is 0 Å². The molecule has 0 bridgehead atoms. The zero-order valence-electron chi connectivity index (χ0n) is 12.1. The molecule has 4 heteroatoms. The molecule has 1 aromatic heterocycles. The molecular weight excluding hydrogens is 240 g/mol. The predicted molar refractivity (Wildman–Crippen MR) is 74.5 cm³/mol. The third-order valence-corrected chi connectivity index (χ3v) is 2.97. The minimum atomic E-state index is -0.277. The maximum absolute atomic E-state index is 11.1. The summed E-state index contributed by atoms with van der Waals surface area (Å²) in [6.45, 7) is 6.80. The van der Waals surface area contributed by atoms with Gasteiger partial charge in [0.25, 0.3) is 0 Å². The van der Waals surface area contributed by atoms with Crippen molar-refractivity contribution in [1.29, 1.82) is 0 Å². The zero-order chi connectivity index (χ0) is 14.1. The van der Waals surface area contributed by atoms with Gasteiger partial charge in [-0.25, -0.2) is 13.9 Å². The molecule has 0 aliphatic rings. The molecule has 19 heavy (non-hydrogen) atoms. The molecule has 106 valence electrons. The maximum Gasteiger partial charge on any atom is 0.333 e. The Bertz CT molecular complexity index is 410. The Morgan fingerprint density at radius 1 is 1.26 bits per heavy atom. The predicted octanol–water partition coefficient (Wildman–Crippen LogP) is 2.38. The van der Waals surface area contributed by atoms with Gasteiger partial charge in [-0.1, -0.05) is 19.4 Å². The van der Waals surface area contributed by atoms with Gasteiger partial charge in [0, 0.05) is 5.57 Å². The molecule has 0 atom stereocenters. The van der Waals surface area contributed by atoms with Crippen LogP contribution in [0.15, 0.2) is 30.9 Å². The van der Waals surface area contributed by atoms with E-state index in [9.17, 15) is 4.79 Å². The quantitative estimate of drug-likeness (QED) is 0.297. The van der Waals surface area contributed by atoms with E-state index in [2.05, 4.69) is 34.4 Å². The van der Waals surface area contributed by atoms with Crippen LogP contribution in [0, 0.1) is 0 Å². The molecule has 1 heterocycles. The highest BCUT2D eigenvalue weighted by atomic mass is 16.5. The highest BCUT2D eigenvalue weighted by Gasteiger charge is 2.02. The molecule has 0 fully saturated rings. The van der Waals surface area contributed by atoms with Crippen molar-refractivity contribution < 1.29 is 14.1 Å². The van der Waals surface area contributed by atoms with E-state index in [0.717, 1.165) is 19.4 Å². The third-order valence-electron chi connectivity index (χ3n) is 2.97. The number of hydrogen-bond acceptors (Lipinski definition) is 2.